The summed E-state index contributed by atoms with van der Waals surface area (Å²) < 4.78 is 12.6. The molecule has 0 aliphatic carbocycles. The van der Waals surface area contributed by atoms with E-state index >= 15 is 0 Å². The van der Waals surface area contributed by atoms with Crippen molar-refractivity contribution in [2.75, 3.05) is 6.54 Å². The van der Waals surface area contributed by atoms with Crippen LogP contribution in [0.15, 0.2) is 36.9 Å². The Kier molecular flexibility index (Phi) is 4.77. The van der Waals surface area contributed by atoms with Crippen LogP contribution in [0.4, 0.5) is 4.39 Å². The topological polar surface area (TPSA) is 24.1 Å². The minimum atomic E-state index is -0.230. The average Bonchev–Trinajstić information content (AvgIpc) is 2.25. The summed E-state index contributed by atoms with van der Waals surface area (Å²) >= 11 is 5.00. The molecule has 0 aromatic heterocycles. The second kappa shape index (κ2) is 6.14. The van der Waals surface area contributed by atoms with E-state index < -0.39 is 0 Å². The molecule has 80 valence electrons. The zero-order chi connectivity index (χ0) is 11.1. The molecular weight excluding hydrogens is 211 g/mol. The standard InChI is InChI=1S/C11H13FN2S/c1-2-7-13-11(15)14-8-9-3-5-10(12)6-4-9/h2-6H,1,7-8H2,(H2,13,14,15). The zero-order valence-electron chi connectivity index (χ0n) is 8.29. The molecule has 1 aromatic carbocycles. The molecule has 1 rings (SSSR count). The van der Waals surface area contributed by atoms with E-state index in [1.165, 1.54) is 12.1 Å². The summed E-state index contributed by atoms with van der Waals surface area (Å²) in [5.41, 5.74) is 0.985. The quantitative estimate of drug-likeness (QED) is 0.604. The number of nitrogens with one attached hydrogen (secondary N) is 2. The van der Waals surface area contributed by atoms with Gasteiger partial charge in [0.2, 0.25) is 0 Å². The van der Waals surface area contributed by atoms with Gasteiger partial charge in [0.1, 0.15) is 5.82 Å². The van der Waals surface area contributed by atoms with Crippen LogP contribution in [0, 0.1) is 5.82 Å². The van der Waals surface area contributed by atoms with E-state index in [9.17, 15) is 4.39 Å². The molecule has 15 heavy (non-hydrogen) atoms. The Bertz CT molecular complexity index is 335. The van der Waals surface area contributed by atoms with Crippen molar-refractivity contribution in [3.63, 3.8) is 0 Å². The maximum atomic E-state index is 12.6. The first-order chi connectivity index (χ1) is 7.22. The van der Waals surface area contributed by atoms with Crippen LogP contribution in [0.1, 0.15) is 5.56 Å². The Morgan fingerprint density at radius 1 is 1.33 bits per heavy atom. The first-order valence-corrected chi connectivity index (χ1v) is 5.00. The maximum absolute atomic E-state index is 12.6. The molecule has 0 fully saturated rings. The molecule has 0 aliphatic heterocycles. The van der Waals surface area contributed by atoms with Gasteiger partial charge in [0, 0.05) is 13.1 Å². The molecule has 0 bridgehead atoms. The summed E-state index contributed by atoms with van der Waals surface area (Å²) in [5, 5.41) is 6.51. The number of hydrogen-bond acceptors (Lipinski definition) is 1. The summed E-state index contributed by atoms with van der Waals surface area (Å²) in [6.07, 6.45) is 1.73. The third kappa shape index (κ3) is 4.56. The minimum absolute atomic E-state index is 0.230. The molecule has 4 heteroatoms. The summed E-state index contributed by atoms with van der Waals surface area (Å²) in [5.74, 6) is -0.230. The van der Waals surface area contributed by atoms with Crippen LogP contribution < -0.4 is 10.6 Å². The lowest BCUT2D eigenvalue weighted by Crippen LogP contribution is -2.34. The van der Waals surface area contributed by atoms with E-state index in [1.807, 2.05) is 0 Å². The van der Waals surface area contributed by atoms with E-state index in [-0.39, 0.29) is 5.82 Å². The Hall–Kier alpha value is -1.42. The normalized spacial score (nSPS) is 9.40. The van der Waals surface area contributed by atoms with Crippen molar-refractivity contribution in [3.05, 3.63) is 48.3 Å². The predicted octanol–water partition coefficient (Wildman–Crippen LogP) is 1.98. The molecule has 0 radical (unpaired) electrons. The monoisotopic (exact) mass is 224 g/mol. The molecule has 1 aromatic rings. The lowest BCUT2D eigenvalue weighted by Gasteiger charge is -2.08. The van der Waals surface area contributed by atoms with E-state index in [2.05, 4.69) is 17.2 Å². The van der Waals surface area contributed by atoms with Crippen LogP contribution in [-0.2, 0) is 6.54 Å². The number of halogens is 1. The zero-order valence-corrected chi connectivity index (χ0v) is 9.11. The number of thiocarbonyl (C=S) groups is 1. The molecule has 0 amide bonds. The van der Waals surface area contributed by atoms with Crippen LogP contribution in [-0.4, -0.2) is 11.7 Å². The SMILES string of the molecule is C=CCNC(=S)NCc1ccc(F)cc1. The highest BCUT2D eigenvalue weighted by Crippen LogP contribution is 2.01. The van der Waals surface area contributed by atoms with Crippen molar-refractivity contribution in [1.29, 1.82) is 0 Å². The van der Waals surface area contributed by atoms with Gasteiger partial charge in [-0.3, -0.25) is 0 Å². The Labute approximate surface area is 94.2 Å². The van der Waals surface area contributed by atoms with Gasteiger partial charge in [0.15, 0.2) is 5.11 Å². The van der Waals surface area contributed by atoms with Gasteiger partial charge in [-0.1, -0.05) is 18.2 Å². The van der Waals surface area contributed by atoms with Crippen molar-refractivity contribution in [3.8, 4) is 0 Å². The van der Waals surface area contributed by atoms with Crippen molar-refractivity contribution in [1.82, 2.24) is 10.6 Å². The Balaban J connectivity index is 2.33. The molecular formula is C11H13FN2S. The molecule has 0 spiro atoms. The Morgan fingerprint density at radius 3 is 2.60 bits per heavy atom. The lowest BCUT2D eigenvalue weighted by atomic mass is 10.2. The van der Waals surface area contributed by atoms with Gasteiger partial charge in [-0.2, -0.15) is 0 Å². The fourth-order valence-corrected chi connectivity index (χ4v) is 1.17. The number of hydrogen-bond donors (Lipinski definition) is 2. The summed E-state index contributed by atoms with van der Waals surface area (Å²) in [6, 6.07) is 6.30. The second-order valence-corrected chi connectivity index (χ2v) is 3.39. The molecule has 0 saturated heterocycles. The fraction of sp³-hybridized carbons (Fsp3) is 0.182. The molecule has 2 N–H and O–H groups in total. The van der Waals surface area contributed by atoms with Crippen LogP contribution in [0.3, 0.4) is 0 Å². The summed E-state index contributed by atoms with van der Waals surface area (Å²) in [6.45, 7) is 4.79. The van der Waals surface area contributed by atoms with Gasteiger partial charge in [-0.15, -0.1) is 6.58 Å². The van der Waals surface area contributed by atoms with Gasteiger partial charge in [0.05, 0.1) is 0 Å². The van der Waals surface area contributed by atoms with Crippen molar-refractivity contribution >= 4 is 17.3 Å². The molecule has 0 unspecified atom stereocenters. The third-order valence-electron chi connectivity index (χ3n) is 1.77. The summed E-state index contributed by atoms with van der Waals surface area (Å²) in [4.78, 5) is 0. The molecule has 0 aliphatic rings. The van der Waals surface area contributed by atoms with E-state index in [1.54, 1.807) is 18.2 Å². The van der Waals surface area contributed by atoms with Crippen LogP contribution in [0.25, 0.3) is 0 Å². The average molecular weight is 224 g/mol. The van der Waals surface area contributed by atoms with Gasteiger partial charge < -0.3 is 10.6 Å². The first kappa shape index (κ1) is 11.7. The Morgan fingerprint density at radius 2 is 2.00 bits per heavy atom. The second-order valence-electron chi connectivity index (χ2n) is 2.98. The smallest absolute Gasteiger partial charge is 0.166 e. The molecule has 0 heterocycles. The molecule has 0 atom stereocenters. The minimum Gasteiger partial charge on any atom is -0.359 e. The van der Waals surface area contributed by atoms with Crippen molar-refractivity contribution in [2.24, 2.45) is 0 Å². The van der Waals surface area contributed by atoms with Crippen LogP contribution >= 0.6 is 12.2 Å². The van der Waals surface area contributed by atoms with Gasteiger partial charge >= 0.3 is 0 Å². The number of benzene rings is 1. The van der Waals surface area contributed by atoms with E-state index in [0.29, 0.717) is 18.2 Å². The van der Waals surface area contributed by atoms with Crippen LogP contribution in [0.2, 0.25) is 0 Å². The predicted molar refractivity (Wildman–Crippen MR) is 64.0 cm³/mol. The van der Waals surface area contributed by atoms with Crippen molar-refractivity contribution in [2.45, 2.75) is 6.54 Å². The molecule has 0 saturated carbocycles. The highest BCUT2D eigenvalue weighted by Gasteiger charge is 1.95. The highest BCUT2D eigenvalue weighted by molar-refractivity contribution is 7.80. The third-order valence-corrected chi connectivity index (χ3v) is 2.06. The van der Waals surface area contributed by atoms with E-state index in [4.69, 9.17) is 12.2 Å². The van der Waals surface area contributed by atoms with E-state index in [0.717, 1.165) is 5.56 Å². The van der Waals surface area contributed by atoms with Crippen LogP contribution in [0.5, 0.6) is 0 Å². The largest absolute Gasteiger partial charge is 0.359 e. The maximum Gasteiger partial charge on any atom is 0.166 e. The lowest BCUT2D eigenvalue weighted by molar-refractivity contribution is 0.626. The first-order valence-electron chi connectivity index (χ1n) is 4.59. The van der Waals surface area contributed by atoms with Crippen molar-refractivity contribution < 1.29 is 4.39 Å². The van der Waals surface area contributed by atoms with Gasteiger partial charge in [-0.05, 0) is 29.9 Å². The highest BCUT2D eigenvalue weighted by atomic mass is 32.1. The number of rotatable bonds is 4. The van der Waals surface area contributed by atoms with Gasteiger partial charge in [-0.25, -0.2) is 4.39 Å². The van der Waals surface area contributed by atoms with Gasteiger partial charge in [0.25, 0.3) is 0 Å². The molecule has 2 nitrogen and oxygen atoms in total. The summed E-state index contributed by atoms with van der Waals surface area (Å²) in [7, 11) is 0. The fourth-order valence-electron chi connectivity index (χ4n) is 1.01.